The van der Waals surface area contributed by atoms with E-state index in [-0.39, 0.29) is 17.1 Å². The fraction of sp³-hybridized carbons (Fsp3) is 0.692. The van der Waals surface area contributed by atoms with Gasteiger partial charge in [0, 0.05) is 11.8 Å². The Hall–Kier alpha value is -0.920. The van der Waals surface area contributed by atoms with Crippen LogP contribution >= 0.6 is 0 Å². The summed E-state index contributed by atoms with van der Waals surface area (Å²) in [6.07, 6.45) is 3.26. The number of aldehydes is 1. The van der Waals surface area contributed by atoms with Gasteiger partial charge in [-0.15, -0.1) is 0 Å². The minimum atomic E-state index is -0.329. The smallest absolute Gasteiger partial charge is 0.164 e. The molecule has 15 heavy (non-hydrogen) atoms. The molecule has 0 spiro atoms. The first kappa shape index (κ1) is 12.2. The molecule has 1 aliphatic rings. The fourth-order valence-electron chi connectivity index (χ4n) is 2.24. The highest BCUT2D eigenvalue weighted by atomic mass is 16.1. The van der Waals surface area contributed by atoms with Gasteiger partial charge in [-0.25, -0.2) is 0 Å². The Morgan fingerprint density at radius 2 is 2.07 bits per heavy atom. The second kappa shape index (κ2) is 4.30. The van der Waals surface area contributed by atoms with Crippen LogP contribution in [0, 0.1) is 11.3 Å². The van der Waals surface area contributed by atoms with Gasteiger partial charge in [-0.2, -0.15) is 0 Å². The Labute approximate surface area is 91.7 Å². The maximum atomic E-state index is 12.2. The molecule has 1 aliphatic carbocycles. The van der Waals surface area contributed by atoms with E-state index >= 15 is 0 Å². The normalized spacial score (nSPS) is 29.2. The third-order valence-corrected chi connectivity index (χ3v) is 4.06. The zero-order valence-electron chi connectivity index (χ0n) is 10.1. The highest BCUT2D eigenvalue weighted by molar-refractivity contribution is 6.00. The van der Waals surface area contributed by atoms with E-state index in [1.54, 1.807) is 0 Å². The van der Waals surface area contributed by atoms with Gasteiger partial charge in [0.05, 0.1) is 0 Å². The number of hydrogen-bond donors (Lipinski definition) is 0. The van der Waals surface area contributed by atoms with Crippen LogP contribution in [0.5, 0.6) is 0 Å². The molecule has 0 aromatic rings. The van der Waals surface area contributed by atoms with Crippen molar-refractivity contribution in [3.8, 4) is 0 Å². The van der Waals surface area contributed by atoms with Crippen molar-refractivity contribution in [3.63, 3.8) is 0 Å². The van der Waals surface area contributed by atoms with Crippen molar-refractivity contribution in [3.05, 3.63) is 11.1 Å². The standard InChI is InChI=1S/C13H20O2/c1-9-5-7-13(4,10(2)6-8-14)12(15)11(9)3/h8,10H,5-7H2,1-4H3. The quantitative estimate of drug-likeness (QED) is 0.668. The highest BCUT2D eigenvalue weighted by Gasteiger charge is 2.41. The van der Waals surface area contributed by atoms with Gasteiger partial charge in [0.2, 0.25) is 0 Å². The monoisotopic (exact) mass is 208 g/mol. The maximum Gasteiger partial charge on any atom is 0.164 e. The second-order valence-corrected chi connectivity index (χ2v) is 4.96. The van der Waals surface area contributed by atoms with Gasteiger partial charge in [0.15, 0.2) is 5.78 Å². The third kappa shape index (κ3) is 2.04. The summed E-state index contributed by atoms with van der Waals surface area (Å²) in [5.41, 5.74) is 1.78. The van der Waals surface area contributed by atoms with E-state index < -0.39 is 0 Å². The Balaban J connectivity index is 2.97. The predicted molar refractivity (Wildman–Crippen MR) is 60.6 cm³/mol. The van der Waals surface area contributed by atoms with Crippen LogP contribution in [-0.4, -0.2) is 12.1 Å². The first-order valence-electron chi connectivity index (χ1n) is 5.58. The molecule has 0 aliphatic heterocycles. The summed E-state index contributed by atoms with van der Waals surface area (Å²) in [5, 5.41) is 0. The Bertz CT molecular complexity index is 314. The van der Waals surface area contributed by atoms with Crippen LogP contribution in [-0.2, 0) is 9.59 Å². The molecular weight excluding hydrogens is 188 g/mol. The van der Waals surface area contributed by atoms with E-state index in [2.05, 4.69) is 0 Å². The number of hydrogen-bond acceptors (Lipinski definition) is 2. The van der Waals surface area contributed by atoms with E-state index in [1.165, 1.54) is 5.57 Å². The number of ketones is 1. The summed E-state index contributed by atoms with van der Waals surface area (Å²) >= 11 is 0. The topological polar surface area (TPSA) is 34.1 Å². The molecule has 0 saturated carbocycles. The molecule has 0 bridgehead atoms. The summed E-state index contributed by atoms with van der Waals surface area (Å²) in [6.45, 7) is 7.93. The average molecular weight is 208 g/mol. The van der Waals surface area contributed by atoms with Crippen molar-refractivity contribution in [1.82, 2.24) is 0 Å². The van der Waals surface area contributed by atoms with Crippen LogP contribution in [0.25, 0.3) is 0 Å². The molecule has 0 radical (unpaired) electrons. The molecule has 0 fully saturated rings. The lowest BCUT2D eigenvalue weighted by Crippen LogP contribution is -2.38. The van der Waals surface area contributed by atoms with Crippen LogP contribution in [0.15, 0.2) is 11.1 Å². The minimum Gasteiger partial charge on any atom is -0.303 e. The molecule has 84 valence electrons. The van der Waals surface area contributed by atoms with E-state index in [1.807, 2.05) is 27.7 Å². The first-order chi connectivity index (χ1) is 6.93. The lowest BCUT2D eigenvalue weighted by atomic mass is 9.65. The molecule has 2 atom stereocenters. The van der Waals surface area contributed by atoms with Crippen molar-refractivity contribution in [2.45, 2.75) is 47.0 Å². The highest BCUT2D eigenvalue weighted by Crippen LogP contribution is 2.42. The number of carbonyl (C=O) groups is 2. The van der Waals surface area contributed by atoms with Crippen molar-refractivity contribution < 1.29 is 9.59 Å². The molecule has 1 rings (SSSR count). The van der Waals surface area contributed by atoms with E-state index in [4.69, 9.17) is 0 Å². The van der Waals surface area contributed by atoms with Crippen molar-refractivity contribution in [2.24, 2.45) is 11.3 Å². The zero-order valence-corrected chi connectivity index (χ0v) is 10.1. The van der Waals surface area contributed by atoms with Crippen molar-refractivity contribution in [1.29, 1.82) is 0 Å². The third-order valence-electron chi connectivity index (χ3n) is 4.06. The van der Waals surface area contributed by atoms with Crippen LogP contribution in [0.1, 0.15) is 47.0 Å². The van der Waals surface area contributed by atoms with E-state index in [0.29, 0.717) is 6.42 Å². The Morgan fingerprint density at radius 1 is 1.47 bits per heavy atom. The predicted octanol–water partition coefficient (Wildman–Crippen LogP) is 2.92. The van der Waals surface area contributed by atoms with Crippen LogP contribution in [0.4, 0.5) is 0 Å². The van der Waals surface area contributed by atoms with Crippen LogP contribution in [0.2, 0.25) is 0 Å². The fourth-order valence-corrected chi connectivity index (χ4v) is 2.24. The number of carbonyl (C=O) groups excluding carboxylic acids is 2. The van der Waals surface area contributed by atoms with Gasteiger partial charge >= 0.3 is 0 Å². The van der Waals surface area contributed by atoms with Gasteiger partial charge in [-0.05, 0) is 38.2 Å². The van der Waals surface area contributed by atoms with Crippen LogP contribution in [0.3, 0.4) is 0 Å². The average Bonchev–Trinajstić information content (AvgIpc) is 2.21. The molecular formula is C13H20O2. The lowest BCUT2D eigenvalue weighted by Gasteiger charge is -2.37. The summed E-state index contributed by atoms with van der Waals surface area (Å²) in [6, 6.07) is 0. The maximum absolute atomic E-state index is 12.2. The zero-order chi connectivity index (χ0) is 11.6. The second-order valence-electron chi connectivity index (χ2n) is 4.96. The number of allylic oxidation sites excluding steroid dienone is 2. The molecule has 0 aromatic carbocycles. The lowest BCUT2D eigenvalue weighted by molar-refractivity contribution is -0.128. The molecule has 0 amide bonds. The van der Waals surface area contributed by atoms with Crippen molar-refractivity contribution >= 4 is 12.1 Å². The number of Topliss-reactive ketones (excluding diaryl/α,β-unsaturated/α-hetero) is 1. The van der Waals surface area contributed by atoms with Crippen molar-refractivity contribution in [2.75, 3.05) is 0 Å². The first-order valence-corrected chi connectivity index (χ1v) is 5.58. The summed E-state index contributed by atoms with van der Waals surface area (Å²) < 4.78 is 0. The molecule has 2 nitrogen and oxygen atoms in total. The molecule has 0 aromatic heterocycles. The van der Waals surface area contributed by atoms with E-state index in [9.17, 15) is 9.59 Å². The number of rotatable bonds is 3. The summed E-state index contributed by atoms with van der Waals surface area (Å²) in [7, 11) is 0. The largest absolute Gasteiger partial charge is 0.303 e. The Morgan fingerprint density at radius 3 is 2.60 bits per heavy atom. The SMILES string of the molecule is CC1=C(C)C(=O)C(C)(C(C)CC=O)CC1. The summed E-state index contributed by atoms with van der Waals surface area (Å²) in [4.78, 5) is 22.7. The molecule has 2 unspecified atom stereocenters. The molecule has 0 saturated heterocycles. The van der Waals surface area contributed by atoms with E-state index in [0.717, 1.165) is 24.7 Å². The van der Waals surface area contributed by atoms with Gasteiger partial charge in [0.25, 0.3) is 0 Å². The van der Waals surface area contributed by atoms with Gasteiger partial charge < -0.3 is 4.79 Å². The summed E-state index contributed by atoms with van der Waals surface area (Å²) in [5.74, 6) is 0.381. The molecule has 2 heteroatoms. The van der Waals surface area contributed by atoms with Gasteiger partial charge in [-0.1, -0.05) is 19.4 Å². The molecule has 0 heterocycles. The molecule has 0 N–H and O–H groups in total. The minimum absolute atomic E-state index is 0.144. The van der Waals surface area contributed by atoms with Gasteiger partial charge in [0.1, 0.15) is 6.29 Å². The Kier molecular flexibility index (Phi) is 3.48. The van der Waals surface area contributed by atoms with Crippen LogP contribution < -0.4 is 0 Å². The van der Waals surface area contributed by atoms with Gasteiger partial charge in [-0.3, -0.25) is 4.79 Å².